The molecule has 12 heteroatoms. The van der Waals surface area contributed by atoms with Crippen molar-refractivity contribution in [1.82, 2.24) is 14.5 Å². The van der Waals surface area contributed by atoms with Gasteiger partial charge in [0.2, 0.25) is 12.2 Å². The summed E-state index contributed by atoms with van der Waals surface area (Å²) in [5, 5.41) is 2.40. The first-order chi connectivity index (χ1) is 13.1. The van der Waals surface area contributed by atoms with E-state index >= 15 is 0 Å². The maximum absolute atomic E-state index is 13.5. The minimum absolute atomic E-state index is 0.0950. The number of pyridine rings is 1. The lowest BCUT2D eigenvalue weighted by Gasteiger charge is -2.14. The molecule has 0 atom stereocenters. The second-order valence-electron chi connectivity index (χ2n) is 5.45. The Morgan fingerprint density at radius 2 is 1.75 bits per heavy atom. The molecule has 28 heavy (non-hydrogen) atoms. The summed E-state index contributed by atoms with van der Waals surface area (Å²) < 4.78 is 80.0. The summed E-state index contributed by atoms with van der Waals surface area (Å²) in [6, 6.07) is 5.28. The van der Waals surface area contributed by atoms with E-state index in [-0.39, 0.29) is 11.2 Å². The molecule has 0 unspecified atom stereocenters. The summed E-state index contributed by atoms with van der Waals surface area (Å²) in [7, 11) is 0. The molecule has 0 aliphatic heterocycles. The molecule has 0 saturated heterocycles. The zero-order chi connectivity index (χ0) is 20.7. The van der Waals surface area contributed by atoms with Crippen LogP contribution in [0.4, 0.5) is 32.0 Å². The second kappa shape index (κ2) is 7.00. The van der Waals surface area contributed by atoms with Crippen LogP contribution < -0.4 is 5.32 Å². The molecule has 3 aromatic rings. The fourth-order valence-corrected chi connectivity index (χ4v) is 3.14. The summed E-state index contributed by atoms with van der Waals surface area (Å²) in [5.74, 6) is -1.41. The van der Waals surface area contributed by atoms with Gasteiger partial charge in [-0.1, -0.05) is 0 Å². The normalized spacial score (nSPS) is 12.4. The van der Waals surface area contributed by atoms with E-state index in [1.165, 1.54) is 18.2 Å². The average molecular weight is 420 g/mol. The van der Waals surface area contributed by atoms with Crippen LogP contribution in [-0.2, 0) is 17.1 Å². The number of hydrogen-bond donors (Lipinski definition) is 1. The smallest absolute Gasteiger partial charge is 0.328 e. The van der Waals surface area contributed by atoms with Crippen molar-refractivity contribution in [2.75, 3.05) is 11.6 Å². The Morgan fingerprint density at radius 3 is 2.32 bits per heavy atom. The first-order valence-corrected chi connectivity index (χ1v) is 8.71. The van der Waals surface area contributed by atoms with Gasteiger partial charge in [0, 0.05) is 4.90 Å². The predicted octanol–water partition coefficient (Wildman–Crippen LogP) is 4.75. The SMILES string of the molecule is CSc1cc(-n2c(C(F)(F)F)nc3ccc(C(F)(F)F)nc32)ccc1NC=O. The van der Waals surface area contributed by atoms with Crippen LogP contribution in [0, 0.1) is 0 Å². The maximum Gasteiger partial charge on any atom is 0.450 e. The monoisotopic (exact) mass is 420 g/mol. The standard InChI is InChI=1S/C16H10F6N4OS/c1-28-11-6-8(2-3-9(11)23-7-27)26-13-10(24-14(26)16(20,21)22)4-5-12(25-13)15(17,18)19/h2-7H,1H3,(H,23,27). The fraction of sp³-hybridized carbons (Fsp3) is 0.188. The van der Waals surface area contributed by atoms with Crippen LogP contribution in [0.15, 0.2) is 35.2 Å². The second-order valence-corrected chi connectivity index (χ2v) is 6.30. The number of carbonyl (C=O) groups excluding carboxylic acids is 1. The minimum atomic E-state index is -4.93. The Morgan fingerprint density at radius 1 is 1.04 bits per heavy atom. The molecule has 0 bridgehead atoms. The van der Waals surface area contributed by atoms with Crippen LogP contribution in [0.1, 0.15) is 11.5 Å². The van der Waals surface area contributed by atoms with Crippen molar-refractivity contribution in [3.63, 3.8) is 0 Å². The zero-order valence-electron chi connectivity index (χ0n) is 13.9. The highest BCUT2D eigenvalue weighted by molar-refractivity contribution is 7.98. The number of halogens is 6. The third-order valence-corrected chi connectivity index (χ3v) is 4.48. The first-order valence-electron chi connectivity index (χ1n) is 7.48. The number of fused-ring (bicyclic) bond motifs is 1. The topological polar surface area (TPSA) is 59.8 Å². The molecule has 1 amide bonds. The van der Waals surface area contributed by atoms with Crippen LogP contribution in [0.25, 0.3) is 16.9 Å². The Bertz CT molecular complexity index is 1040. The number of amides is 1. The van der Waals surface area contributed by atoms with Crippen molar-refractivity contribution >= 4 is 35.0 Å². The van der Waals surface area contributed by atoms with Gasteiger partial charge < -0.3 is 5.32 Å². The molecule has 5 nitrogen and oxygen atoms in total. The Kier molecular flexibility index (Phi) is 5.00. The number of alkyl halides is 6. The number of imidazole rings is 1. The molecule has 0 radical (unpaired) electrons. The zero-order valence-corrected chi connectivity index (χ0v) is 14.7. The Labute approximate surface area is 157 Å². The van der Waals surface area contributed by atoms with E-state index in [4.69, 9.17) is 0 Å². The Hall–Kier alpha value is -2.76. The number of rotatable bonds is 4. The molecule has 148 valence electrons. The summed E-state index contributed by atoms with van der Waals surface area (Å²) in [4.78, 5) is 17.9. The number of carbonyl (C=O) groups is 1. The van der Waals surface area contributed by atoms with Crippen molar-refractivity contribution < 1.29 is 31.1 Å². The van der Waals surface area contributed by atoms with Crippen LogP contribution >= 0.6 is 11.8 Å². The quantitative estimate of drug-likeness (QED) is 0.376. The van der Waals surface area contributed by atoms with Crippen molar-refractivity contribution in [2.45, 2.75) is 17.2 Å². The number of anilines is 1. The van der Waals surface area contributed by atoms with Gasteiger partial charge in [-0.05, 0) is 36.6 Å². The van der Waals surface area contributed by atoms with Gasteiger partial charge in [0.15, 0.2) is 5.65 Å². The fourth-order valence-electron chi connectivity index (χ4n) is 2.55. The van der Waals surface area contributed by atoms with E-state index in [1.54, 1.807) is 6.26 Å². The summed E-state index contributed by atoms with van der Waals surface area (Å²) >= 11 is 1.14. The molecule has 0 aliphatic rings. The number of thioether (sulfide) groups is 1. The number of aromatic nitrogens is 3. The molecule has 0 spiro atoms. The minimum Gasteiger partial charge on any atom is -0.328 e. The van der Waals surface area contributed by atoms with E-state index in [0.29, 0.717) is 27.6 Å². The molecule has 2 aromatic heterocycles. The third-order valence-electron chi connectivity index (χ3n) is 3.71. The van der Waals surface area contributed by atoms with Gasteiger partial charge in [-0.2, -0.15) is 26.3 Å². The van der Waals surface area contributed by atoms with Crippen LogP contribution in [0.2, 0.25) is 0 Å². The van der Waals surface area contributed by atoms with Crippen molar-refractivity contribution in [1.29, 1.82) is 0 Å². The summed E-state index contributed by atoms with van der Waals surface area (Å²) in [6.07, 6.45) is -7.73. The molecule has 3 rings (SSSR count). The van der Waals surface area contributed by atoms with Gasteiger partial charge >= 0.3 is 12.4 Å². The third kappa shape index (κ3) is 3.63. The lowest BCUT2D eigenvalue weighted by molar-refractivity contribution is -0.145. The summed E-state index contributed by atoms with van der Waals surface area (Å²) in [6.45, 7) is 0. The molecular weight excluding hydrogens is 410 g/mol. The predicted molar refractivity (Wildman–Crippen MR) is 90.3 cm³/mol. The lowest BCUT2D eigenvalue weighted by atomic mass is 10.2. The molecule has 0 saturated carbocycles. The van der Waals surface area contributed by atoms with E-state index in [0.717, 1.165) is 17.8 Å². The van der Waals surface area contributed by atoms with Crippen molar-refractivity contribution in [3.8, 4) is 5.69 Å². The van der Waals surface area contributed by atoms with Gasteiger partial charge in [-0.3, -0.25) is 9.36 Å². The highest BCUT2D eigenvalue weighted by Crippen LogP contribution is 2.37. The van der Waals surface area contributed by atoms with E-state index < -0.39 is 29.5 Å². The van der Waals surface area contributed by atoms with E-state index in [2.05, 4.69) is 15.3 Å². The average Bonchev–Trinajstić information content (AvgIpc) is 3.00. The van der Waals surface area contributed by atoms with Crippen molar-refractivity contribution in [2.24, 2.45) is 0 Å². The van der Waals surface area contributed by atoms with Crippen LogP contribution in [0.5, 0.6) is 0 Å². The molecule has 1 aromatic carbocycles. The molecule has 0 fully saturated rings. The molecular formula is C16H10F6N4OS. The molecule has 2 heterocycles. The highest BCUT2D eigenvalue weighted by atomic mass is 32.2. The van der Waals surface area contributed by atoms with Gasteiger partial charge in [0.05, 0.1) is 11.4 Å². The number of benzene rings is 1. The van der Waals surface area contributed by atoms with Crippen LogP contribution in [0.3, 0.4) is 0 Å². The molecule has 0 aliphatic carbocycles. The number of nitrogens with one attached hydrogen (secondary N) is 1. The number of hydrogen-bond acceptors (Lipinski definition) is 4. The van der Waals surface area contributed by atoms with Crippen molar-refractivity contribution in [3.05, 3.63) is 41.9 Å². The summed E-state index contributed by atoms with van der Waals surface area (Å²) in [5.41, 5.74) is -2.00. The largest absolute Gasteiger partial charge is 0.450 e. The Balaban J connectivity index is 2.32. The van der Waals surface area contributed by atoms with Gasteiger partial charge in [0.1, 0.15) is 11.2 Å². The lowest BCUT2D eigenvalue weighted by Crippen LogP contribution is -2.15. The molecule has 1 N–H and O–H groups in total. The van der Waals surface area contributed by atoms with E-state index in [9.17, 15) is 31.1 Å². The van der Waals surface area contributed by atoms with Gasteiger partial charge in [0.25, 0.3) is 0 Å². The van der Waals surface area contributed by atoms with Gasteiger partial charge in [-0.25, -0.2) is 9.97 Å². The van der Waals surface area contributed by atoms with Gasteiger partial charge in [-0.15, -0.1) is 11.8 Å². The van der Waals surface area contributed by atoms with Crippen LogP contribution in [-0.4, -0.2) is 27.2 Å². The number of nitrogens with zero attached hydrogens (tertiary/aromatic N) is 3. The highest BCUT2D eigenvalue weighted by Gasteiger charge is 2.40. The maximum atomic E-state index is 13.5. The van der Waals surface area contributed by atoms with E-state index in [1.807, 2.05) is 0 Å². The first kappa shape index (κ1) is 20.0.